The monoisotopic (exact) mass is 374 g/mol. The Labute approximate surface area is 159 Å². The third kappa shape index (κ3) is 7.27. The maximum Gasteiger partial charge on any atom is 0.277 e. The summed E-state index contributed by atoms with van der Waals surface area (Å²) >= 11 is 0.845. The van der Waals surface area contributed by atoms with Crippen molar-refractivity contribution in [3.8, 4) is 5.75 Å². The van der Waals surface area contributed by atoms with E-state index in [0.717, 1.165) is 47.9 Å². The van der Waals surface area contributed by atoms with Gasteiger partial charge in [-0.2, -0.15) is 0 Å². The van der Waals surface area contributed by atoms with Gasteiger partial charge in [-0.05, 0) is 42.2 Å². The molecule has 26 heavy (non-hydrogen) atoms. The molecule has 0 aliphatic heterocycles. The quantitative estimate of drug-likeness (QED) is 0.675. The van der Waals surface area contributed by atoms with Gasteiger partial charge in [0.2, 0.25) is 0 Å². The van der Waals surface area contributed by atoms with Crippen LogP contribution in [-0.4, -0.2) is 28.4 Å². The molecule has 0 saturated heterocycles. The summed E-state index contributed by atoms with van der Waals surface area (Å²) in [6.45, 7) is 2.65. The highest BCUT2D eigenvalue weighted by Gasteiger charge is 2.12. The van der Waals surface area contributed by atoms with Crippen molar-refractivity contribution in [2.24, 2.45) is 5.73 Å². The number of aldehydes is 1. The van der Waals surface area contributed by atoms with E-state index in [0.29, 0.717) is 13.0 Å². The second kappa shape index (κ2) is 11.3. The van der Waals surface area contributed by atoms with Gasteiger partial charge in [0.25, 0.3) is 5.24 Å². The van der Waals surface area contributed by atoms with Crippen LogP contribution in [0.1, 0.15) is 31.2 Å². The summed E-state index contributed by atoms with van der Waals surface area (Å²) in [5, 5.41) is -1.00. The summed E-state index contributed by atoms with van der Waals surface area (Å²) in [7, 11) is 0. The first-order chi connectivity index (χ1) is 12.1. The van der Waals surface area contributed by atoms with Gasteiger partial charge in [0, 0.05) is 18.3 Å². The molecule has 1 unspecified atom stereocenters. The first-order valence-electron chi connectivity index (χ1n) is 8.17. The number of pyridine rings is 1. The molecule has 2 aromatic rings. The number of nitrogens with zero attached hydrogens (tertiary/aromatic N) is 1. The van der Waals surface area contributed by atoms with Crippen LogP contribution < -0.4 is 10.5 Å². The molecule has 0 radical (unpaired) electrons. The van der Waals surface area contributed by atoms with E-state index in [1.54, 1.807) is 0 Å². The molecular weight excluding hydrogens is 348 g/mol. The number of thioether (sulfide) groups is 1. The lowest BCUT2D eigenvalue weighted by molar-refractivity contribution is -0.107. The Morgan fingerprint density at radius 2 is 1.92 bits per heavy atom. The van der Waals surface area contributed by atoms with E-state index < -0.39 is 10.5 Å². The number of aryl methyl sites for hydroxylation is 1. The molecule has 2 N–H and O–H groups in total. The minimum Gasteiger partial charge on any atom is -0.493 e. The lowest BCUT2D eigenvalue weighted by atomic mass is 10.1. The van der Waals surface area contributed by atoms with Crippen LogP contribution in [-0.2, 0) is 24.1 Å². The van der Waals surface area contributed by atoms with Crippen molar-refractivity contribution in [2.75, 3.05) is 6.61 Å². The van der Waals surface area contributed by atoms with Gasteiger partial charge in [0.05, 0.1) is 11.9 Å². The Morgan fingerprint density at radius 1 is 1.23 bits per heavy atom. The number of hydrogen-bond donors (Lipinski definition) is 1. The van der Waals surface area contributed by atoms with Crippen LogP contribution >= 0.6 is 11.8 Å². The van der Waals surface area contributed by atoms with Gasteiger partial charge in [0.15, 0.2) is 0 Å². The summed E-state index contributed by atoms with van der Waals surface area (Å²) in [6, 6.07) is 11.6. The number of carbonyl (C=O) groups is 2. The topological polar surface area (TPSA) is 82.3 Å². The number of hydrogen-bond acceptors (Lipinski definition) is 5. The molecule has 0 spiro atoms. The molecule has 2 rings (SSSR count). The van der Waals surface area contributed by atoms with Crippen LogP contribution in [0.3, 0.4) is 0 Å². The molecule has 5 nitrogen and oxygen atoms in total. The summed E-state index contributed by atoms with van der Waals surface area (Å²) in [6.07, 6.45) is 4.84. The SMILES string of the molecule is C.CCc1ccc(CCOc2ccc(CC(C=O)SC(N)=O)cc2)nc1. The smallest absolute Gasteiger partial charge is 0.277 e. The standard InChI is InChI=1S/C19H22N2O3S.CH4/c1-2-14-3-6-16(21-12-14)9-10-24-17-7-4-15(5-8-17)11-18(13-22)25-19(20)23;/h3-8,12-13,18H,2,9-11H2,1H3,(H2,20,23);1H4. The van der Waals surface area contributed by atoms with Gasteiger partial charge < -0.3 is 15.3 Å². The molecular formula is C20H26N2O3S. The molecule has 0 fully saturated rings. The van der Waals surface area contributed by atoms with Crippen molar-refractivity contribution in [3.05, 3.63) is 59.4 Å². The Kier molecular flexibility index (Phi) is 9.44. The fraction of sp³-hybridized carbons (Fsp3) is 0.350. The first-order valence-corrected chi connectivity index (χ1v) is 9.05. The minimum atomic E-state index is -0.544. The fourth-order valence-corrected chi connectivity index (χ4v) is 2.94. The fourth-order valence-electron chi connectivity index (χ4n) is 2.31. The number of ether oxygens (including phenoxy) is 1. The number of nitrogens with two attached hydrogens (primary N) is 1. The number of rotatable bonds is 9. The molecule has 1 atom stereocenters. The van der Waals surface area contributed by atoms with Crippen molar-refractivity contribution in [1.29, 1.82) is 0 Å². The van der Waals surface area contributed by atoms with Crippen molar-refractivity contribution >= 4 is 23.3 Å². The van der Waals surface area contributed by atoms with Crippen molar-refractivity contribution < 1.29 is 14.3 Å². The van der Waals surface area contributed by atoms with Crippen molar-refractivity contribution in [2.45, 2.75) is 38.9 Å². The van der Waals surface area contributed by atoms with Gasteiger partial charge >= 0.3 is 0 Å². The molecule has 1 amide bonds. The molecule has 1 aromatic heterocycles. The van der Waals surface area contributed by atoms with Crippen LogP contribution in [0.15, 0.2) is 42.6 Å². The molecule has 1 aromatic carbocycles. The van der Waals surface area contributed by atoms with Gasteiger partial charge in [-0.15, -0.1) is 0 Å². The summed E-state index contributed by atoms with van der Waals surface area (Å²) in [4.78, 5) is 26.3. The minimum absolute atomic E-state index is 0. The molecule has 0 bridgehead atoms. The molecule has 0 aliphatic carbocycles. The van der Waals surface area contributed by atoms with Crippen LogP contribution in [0.5, 0.6) is 5.75 Å². The third-order valence-electron chi connectivity index (χ3n) is 3.70. The van der Waals surface area contributed by atoms with Gasteiger partial charge in [-0.3, -0.25) is 9.78 Å². The molecule has 1 heterocycles. The largest absolute Gasteiger partial charge is 0.493 e. The lowest BCUT2D eigenvalue weighted by Gasteiger charge is -2.09. The Morgan fingerprint density at radius 3 is 2.46 bits per heavy atom. The summed E-state index contributed by atoms with van der Waals surface area (Å²) < 4.78 is 5.73. The second-order valence-corrected chi connectivity index (χ2v) is 6.81. The lowest BCUT2D eigenvalue weighted by Crippen LogP contribution is -2.15. The highest BCUT2D eigenvalue weighted by molar-refractivity contribution is 8.14. The van der Waals surface area contributed by atoms with E-state index in [4.69, 9.17) is 10.5 Å². The van der Waals surface area contributed by atoms with Gasteiger partial charge in [-0.25, -0.2) is 0 Å². The average Bonchev–Trinajstić information content (AvgIpc) is 2.62. The van der Waals surface area contributed by atoms with Gasteiger partial charge in [0.1, 0.15) is 12.0 Å². The maximum absolute atomic E-state index is 11.0. The van der Waals surface area contributed by atoms with E-state index in [1.807, 2.05) is 36.5 Å². The number of primary amides is 1. The zero-order valence-electron chi connectivity index (χ0n) is 14.2. The van der Waals surface area contributed by atoms with Gasteiger partial charge in [-0.1, -0.05) is 44.3 Å². The van der Waals surface area contributed by atoms with Crippen LogP contribution in [0.4, 0.5) is 4.79 Å². The zero-order valence-corrected chi connectivity index (χ0v) is 15.0. The third-order valence-corrected chi connectivity index (χ3v) is 4.51. The van der Waals surface area contributed by atoms with E-state index in [-0.39, 0.29) is 7.43 Å². The zero-order chi connectivity index (χ0) is 18.1. The molecule has 0 saturated carbocycles. The summed E-state index contributed by atoms with van der Waals surface area (Å²) in [5.41, 5.74) is 8.29. The van der Waals surface area contributed by atoms with Crippen LogP contribution in [0, 0.1) is 0 Å². The Bertz CT molecular complexity index is 687. The van der Waals surface area contributed by atoms with E-state index in [9.17, 15) is 9.59 Å². The predicted molar refractivity (Wildman–Crippen MR) is 107 cm³/mol. The second-order valence-electron chi connectivity index (χ2n) is 5.57. The van der Waals surface area contributed by atoms with E-state index in [2.05, 4.69) is 18.0 Å². The number of carbonyl (C=O) groups excluding carboxylic acids is 2. The van der Waals surface area contributed by atoms with Crippen LogP contribution in [0.25, 0.3) is 0 Å². The Balaban J connectivity index is 0.00000338. The maximum atomic E-state index is 11.0. The summed E-state index contributed by atoms with van der Waals surface area (Å²) in [5.74, 6) is 0.763. The van der Waals surface area contributed by atoms with Crippen molar-refractivity contribution in [3.63, 3.8) is 0 Å². The number of aromatic nitrogens is 1. The molecule has 140 valence electrons. The van der Waals surface area contributed by atoms with Crippen molar-refractivity contribution in [1.82, 2.24) is 4.98 Å². The molecule has 0 aliphatic rings. The highest BCUT2D eigenvalue weighted by atomic mass is 32.2. The van der Waals surface area contributed by atoms with E-state index >= 15 is 0 Å². The first kappa shape index (κ1) is 21.7. The number of benzene rings is 1. The predicted octanol–water partition coefficient (Wildman–Crippen LogP) is 3.82. The molecule has 6 heteroatoms. The van der Waals surface area contributed by atoms with E-state index in [1.165, 1.54) is 5.56 Å². The average molecular weight is 375 g/mol. The van der Waals surface area contributed by atoms with Crippen LogP contribution in [0.2, 0.25) is 0 Å². The normalized spacial score (nSPS) is 11.3. The highest BCUT2D eigenvalue weighted by Crippen LogP contribution is 2.18. The Hall–Kier alpha value is -2.34. The number of amides is 1.